The first-order valence-electron chi connectivity index (χ1n) is 15.1. The summed E-state index contributed by atoms with van der Waals surface area (Å²) >= 11 is 0. The quantitative estimate of drug-likeness (QED) is 0.204. The number of aryl methyl sites for hydroxylation is 6. The largest absolute Gasteiger partial charge is 0.507 e. The molecule has 0 spiro atoms. The average molecular weight is 565 g/mol. The van der Waals surface area contributed by atoms with Crippen LogP contribution in [0.5, 0.6) is 17.2 Å². The number of rotatable bonds is 6. The lowest BCUT2D eigenvalue weighted by atomic mass is 9.60. The lowest BCUT2D eigenvalue weighted by Crippen LogP contribution is -2.35. The number of aromatic hydroxyl groups is 3. The normalized spacial score (nSPS) is 11.9. The summed E-state index contributed by atoms with van der Waals surface area (Å²) in [4.78, 5) is 0. The van der Waals surface area contributed by atoms with Crippen molar-refractivity contribution in [1.29, 1.82) is 0 Å². The van der Waals surface area contributed by atoms with Crippen LogP contribution in [0.2, 0.25) is 0 Å². The van der Waals surface area contributed by atoms with Gasteiger partial charge in [-0.25, -0.2) is 0 Å². The van der Waals surface area contributed by atoms with Gasteiger partial charge in [-0.05, 0) is 158 Å². The Labute approximate surface area is 252 Å². The molecule has 0 aromatic heterocycles. The van der Waals surface area contributed by atoms with Gasteiger partial charge < -0.3 is 15.3 Å². The summed E-state index contributed by atoms with van der Waals surface area (Å²) in [5.74, 6) is 1.23. The summed E-state index contributed by atoms with van der Waals surface area (Å²) in [5.41, 5.74) is 15.1. The lowest BCUT2D eigenvalue weighted by molar-refractivity contribution is 0.465. The molecule has 222 valence electrons. The van der Waals surface area contributed by atoms with Gasteiger partial charge in [0.25, 0.3) is 0 Å². The third-order valence-electron chi connectivity index (χ3n) is 9.58. The molecule has 4 rings (SSSR count). The van der Waals surface area contributed by atoms with Crippen LogP contribution in [0.25, 0.3) is 0 Å². The second-order valence-electron chi connectivity index (χ2n) is 12.8. The third kappa shape index (κ3) is 4.68. The van der Waals surface area contributed by atoms with Crippen molar-refractivity contribution >= 4 is 0 Å². The van der Waals surface area contributed by atoms with Gasteiger partial charge in [0, 0.05) is 0 Å². The minimum atomic E-state index is -0.798. The molecule has 0 saturated heterocycles. The van der Waals surface area contributed by atoms with Crippen LogP contribution >= 0.6 is 0 Å². The number of hydrogen-bond donors (Lipinski definition) is 3. The third-order valence-corrected chi connectivity index (χ3v) is 9.58. The minimum Gasteiger partial charge on any atom is -0.507 e. The average Bonchev–Trinajstić information content (AvgIpc) is 2.91. The second-order valence-corrected chi connectivity index (χ2v) is 12.8. The standard InChI is InChI=1S/C39H48O3/c1-13-33-27(10)28(11)34(20(2)3)29(12)35(33)39(30-14-21(4)36(40)22(5)15-30,31-16-23(6)37(41)24(7)17-31)32-18-25(8)38(42)26(9)19-32/h14-20,40-42H,13H2,1-12H3. The number of benzene rings is 4. The first-order valence-corrected chi connectivity index (χ1v) is 15.1. The maximum absolute atomic E-state index is 10.9. The SMILES string of the molecule is CCc1c(C)c(C)c(C(C)C)c(C)c1C(c1cc(C)c(O)c(C)c1)(c1cc(C)c(O)c(C)c1)c1cc(C)c(O)c(C)c1. The highest BCUT2D eigenvalue weighted by atomic mass is 16.3. The molecule has 0 fully saturated rings. The van der Waals surface area contributed by atoms with Crippen molar-refractivity contribution in [3.63, 3.8) is 0 Å². The molecule has 42 heavy (non-hydrogen) atoms. The van der Waals surface area contributed by atoms with Crippen LogP contribution in [0.3, 0.4) is 0 Å². The van der Waals surface area contributed by atoms with Gasteiger partial charge in [-0.3, -0.25) is 0 Å². The molecule has 0 radical (unpaired) electrons. The van der Waals surface area contributed by atoms with E-state index in [0.29, 0.717) is 23.2 Å². The molecule has 3 N–H and O–H groups in total. The van der Waals surface area contributed by atoms with Crippen molar-refractivity contribution in [2.24, 2.45) is 0 Å². The van der Waals surface area contributed by atoms with Crippen molar-refractivity contribution in [3.8, 4) is 17.2 Å². The molecule has 3 heteroatoms. The molecular formula is C39H48O3. The number of phenols is 3. The molecular weight excluding hydrogens is 516 g/mol. The Morgan fingerprint density at radius 2 is 0.833 bits per heavy atom. The first kappa shape index (κ1) is 31.2. The fourth-order valence-corrected chi connectivity index (χ4v) is 7.52. The predicted molar refractivity (Wildman–Crippen MR) is 176 cm³/mol. The number of phenolic OH excluding ortho intramolecular Hbond substituents is 3. The van der Waals surface area contributed by atoms with Gasteiger partial charge in [-0.15, -0.1) is 0 Å². The fraction of sp³-hybridized carbons (Fsp3) is 0.385. The van der Waals surface area contributed by atoms with Crippen LogP contribution in [-0.4, -0.2) is 15.3 Å². The van der Waals surface area contributed by atoms with Gasteiger partial charge in [-0.1, -0.05) is 57.2 Å². The van der Waals surface area contributed by atoms with E-state index in [1.807, 2.05) is 41.5 Å². The van der Waals surface area contributed by atoms with E-state index in [1.54, 1.807) is 0 Å². The molecule has 0 bridgehead atoms. The van der Waals surface area contributed by atoms with Gasteiger partial charge in [0.2, 0.25) is 0 Å². The highest BCUT2D eigenvalue weighted by Crippen LogP contribution is 2.53. The molecule has 0 aliphatic carbocycles. The molecule has 0 heterocycles. The van der Waals surface area contributed by atoms with E-state index in [1.165, 1.54) is 33.4 Å². The molecule has 3 nitrogen and oxygen atoms in total. The van der Waals surface area contributed by atoms with Crippen LogP contribution in [0.4, 0.5) is 0 Å². The second kappa shape index (κ2) is 11.2. The maximum Gasteiger partial charge on any atom is 0.121 e. The van der Waals surface area contributed by atoms with Gasteiger partial charge >= 0.3 is 0 Å². The van der Waals surface area contributed by atoms with Crippen LogP contribution in [0.15, 0.2) is 36.4 Å². The number of hydrogen-bond acceptors (Lipinski definition) is 3. The maximum atomic E-state index is 10.9. The summed E-state index contributed by atoms with van der Waals surface area (Å²) in [7, 11) is 0. The van der Waals surface area contributed by atoms with E-state index in [-0.39, 0.29) is 0 Å². The van der Waals surface area contributed by atoms with Crippen LogP contribution in [-0.2, 0) is 11.8 Å². The highest BCUT2D eigenvalue weighted by Gasteiger charge is 2.44. The van der Waals surface area contributed by atoms with Crippen LogP contribution < -0.4 is 0 Å². The molecule has 4 aromatic carbocycles. The predicted octanol–water partition coefficient (Wildman–Crippen LogP) is 9.65. The Bertz CT molecular complexity index is 1500. The monoisotopic (exact) mass is 564 g/mol. The topological polar surface area (TPSA) is 60.7 Å². The van der Waals surface area contributed by atoms with Gasteiger partial charge in [0.1, 0.15) is 17.2 Å². The minimum absolute atomic E-state index is 0.305. The van der Waals surface area contributed by atoms with E-state index in [0.717, 1.165) is 56.5 Å². The summed E-state index contributed by atoms with van der Waals surface area (Å²) in [6.45, 7) is 25.3. The van der Waals surface area contributed by atoms with Crippen LogP contribution in [0.1, 0.15) is 110 Å². The summed E-state index contributed by atoms with van der Waals surface area (Å²) in [6.07, 6.45) is 0.852. The zero-order valence-electron chi connectivity index (χ0n) is 27.6. The Hall–Kier alpha value is -3.72. The van der Waals surface area contributed by atoms with E-state index in [4.69, 9.17) is 0 Å². The Balaban J connectivity index is 2.47. The Kier molecular flexibility index (Phi) is 8.30. The summed E-state index contributed by atoms with van der Waals surface area (Å²) in [6, 6.07) is 12.8. The summed E-state index contributed by atoms with van der Waals surface area (Å²) in [5, 5.41) is 32.8. The first-order chi connectivity index (χ1) is 19.6. The van der Waals surface area contributed by atoms with Crippen molar-refractivity contribution in [3.05, 3.63) is 120 Å². The molecule has 4 aromatic rings. The fourth-order valence-electron chi connectivity index (χ4n) is 7.52. The lowest BCUT2D eigenvalue weighted by Gasteiger charge is -2.42. The van der Waals surface area contributed by atoms with Crippen molar-refractivity contribution < 1.29 is 15.3 Å². The van der Waals surface area contributed by atoms with Crippen LogP contribution in [0, 0.1) is 62.3 Å². The van der Waals surface area contributed by atoms with Crippen molar-refractivity contribution in [2.45, 2.75) is 101 Å². The van der Waals surface area contributed by atoms with Crippen molar-refractivity contribution in [1.82, 2.24) is 0 Å². The molecule has 0 saturated carbocycles. The zero-order chi connectivity index (χ0) is 31.4. The van der Waals surface area contributed by atoms with Gasteiger partial charge in [0.15, 0.2) is 0 Å². The van der Waals surface area contributed by atoms with E-state index < -0.39 is 5.41 Å². The van der Waals surface area contributed by atoms with E-state index in [9.17, 15) is 15.3 Å². The summed E-state index contributed by atoms with van der Waals surface area (Å²) < 4.78 is 0. The van der Waals surface area contributed by atoms with E-state index in [2.05, 4.69) is 77.9 Å². The van der Waals surface area contributed by atoms with Crippen molar-refractivity contribution in [2.75, 3.05) is 0 Å². The van der Waals surface area contributed by atoms with Gasteiger partial charge in [-0.2, -0.15) is 0 Å². The molecule has 0 aliphatic rings. The molecule has 0 amide bonds. The molecule has 0 unspecified atom stereocenters. The zero-order valence-corrected chi connectivity index (χ0v) is 27.6. The van der Waals surface area contributed by atoms with E-state index >= 15 is 0 Å². The van der Waals surface area contributed by atoms with Gasteiger partial charge in [0.05, 0.1) is 5.41 Å². The smallest absolute Gasteiger partial charge is 0.121 e. The Morgan fingerprint density at radius 3 is 1.10 bits per heavy atom. The molecule has 0 aliphatic heterocycles. The Morgan fingerprint density at radius 1 is 0.524 bits per heavy atom. The highest BCUT2D eigenvalue weighted by molar-refractivity contribution is 5.70. The molecule has 0 atom stereocenters.